The summed E-state index contributed by atoms with van der Waals surface area (Å²) in [6.07, 6.45) is 3.46. The fourth-order valence-electron chi connectivity index (χ4n) is 2.46. The predicted molar refractivity (Wildman–Crippen MR) is 95.4 cm³/mol. The van der Waals surface area contributed by atoms with Gasteiger partial charge in [-0.2, -0.15) is 0 Å². The average molecular weight is 368 g/mol. The number of carbonyl (C=O) groups is 2. The number of H-pyrrole nitrogens is 1. The van der Waals surface area contributed by atoms with E-state index in [0.717, 1.165) is 20.9 Å². The average Bonchev–Trinajstić information content (AvgIpc) is 2.94. The molecule has 0 atom stereocenters. The number of fused-ring (bicyclic) bond motifs is 1. The lowest BCUT2D eigenvalue weighted by molar-refractivity contribution is -0.113. The van der Waals surface area contributed by atoms with Gasteiger partial charge in [-0.15, -0.1) is 0 Å². The molecule has 0 radical (unpaired) electrons. The van der Waals surface area contributed by atoms with E-state index < -0.39 is 0 Å². The van der Waals surface area contributed by atoms with E-state index in [2.05, 4.69) is 20.9 Å². The van der Waals surface area contributed by atoms with Crippen LogP contribution in [0.2, 0.25) is 0 Å². The van der Waals surface area contributed by atoms with Gasteiger partial charge in [-0.05, 0) is 31.2 Å². The largest absolute Gasteiger partial charge is 0.361 e. The first-order valence-electron chi connectivity index (χ1n) is 7.15. The number of aromatic amines is 1. The van der Waals surface area contributed by atoms with Gasteiger partial charge in [-0.1, -0.05) is 46.3 Å². The minimum absolute atomic E-state index is 0.178. The summed E-state index contributed by atoms with van der Waals surface area (Å²) in [5.41, 5.74) is 2.46. The smallest absolute Gasteiger partial charge is 0.196 e. The fraction of sp³-hybridized carbons (Fsp3) is 0.0526. The molecule has 114 valence electrons. The van der Waals surface area contributed by atoms with Crippen molar-refractivity contribution in [3.05, 3.63) is 75.9 Å². The number of Topliss-reactive ketones (excluding diaryl/α,β-unsaturated/α-hetero) is 2. The van der Waals surface area contributed by atoms with Crippen molar-refractivity contribution in [1.82, 2.24) is 4.98 Å². The number of hydrogen-bond donors (Lipinski definition) is 1. The Kier molecular flexibility index (Phi) is 4.26. The highest BCUT2D eigenvalue weighted by molar-refractivity contribution is 9.10. The molecule has 23 heavy (non-hydrogen) atoms. The highest BCUT2D eigenvalue weighted by Crippen LogP contribution is 2.25. The lowest BCUT2D eigenvalue weighted by atomic mass is 9.98. The van der Waals surface area contributed by atoms with E-state index >= 15 is 0 Å². The second kappa shape index (κ2) is 6.34. The highest BCUT2D eigenvalue weighted by atomic mass is 79.9. The van der Waals surface area contributed by atoms with Gasteiger partial charge >= 0.3 is 0 Å². The van der Waals surface area contributed by atoms with Crippen molar-refractivity contribution in [3.8, 4) is 0 Å². The molecular weight excluding hydrogens is 354 g/mol. The van der Waals surface area contributed by atoms with E-state index in [1.807, 2.05) is 24.3 Å². The van der Waals surface area contributed by atoms with Gasteiger partial charge < -0.3 is 4.98 Å². The first-order chi connectivity index (χ1) is 11.1. The summed E-state index contributed by atoms with van der Waals surface area (Å²) in [6, 6.07) is 14.7. The molecule has 0 aliphatic heterocycles. The Hall–Kier alpha value is -2.46. The number of allylic oxidation sites excluding steroid dienone is 1. The molecule has 0 saturated carbocycles. The summed E-state index contributed by atoms with van der Waals surface area (Å²) in [5, 5.41) is 0.957. The summed E-state index contributed by atoms with van der Waals surface area (Å²) in [6.45, 7) is 1.41. The molecule has 0 fully saturated rings. The molecule has 1 aromatic heterocycles. The minimum Gasteiger partial charge on any atom is -0.361 e. The SMILES string of the molecule is CC(=O)/C(=C\c1c[nH]c2ccc(Br)cc12)C(=O)c1ccccc1. The van der Waals surface area contributed by atoms with Crippen LogP contribution in [0.25, 0.3) is 17.0 Å². The van der Waals surface area contributed by atoms with Gasteiger partial charge in [0.15, 0.2) is 11.6 Å². The van der Waals surface area contributed by atoms with Crippen LogP contribution < -0.4 is 0 Å². The molecule has 0 unspecified atom stereocenters. The predicted octanol–water partition coefficient (Wildman–Crippen LogP) is 4.79. The molecule has 3 rings (SSSR count). The van der Waals surface area contributed by atoms with Gasteiger partial charge in [-0.25, -0.2) is 0 Å². The van der Waals surface area contributed by atoms with Crippen molar-refractivity contribution in [3.63, 3.8) is 0 Å². The van der Waals surface area contributed by atoms with E-state index in [4.69, 9.17) is 0 Å². The molecule has 0 aliphatic carbocycles. The Bertz CT molecular complexity index is 923. The third-order valence-corrected chi connectivity index (χ3v) is 4.13. The maximum atomic E-state index is 12.6. The number of nitrogens with one attached hydrogen (secondary N) is 1. The molecule has 0 spiro atoms. The monoisotopic (exact) mass is 367 g/mol. The molecule has 0 saturated heterocycles. The number of benzene rings is 2. The van der Waals surface area contributed by atoms with Crippen molar-refractivity contribution in [1.29, 1.82) is 0 Å². The van der Waals surface area contributed by atoms with E-state index in [1.165, 1.54) is 6.92 Å². The summed E-state index contributed by atoms with van der Waals surface area (Å²) < 4.78 is 0.943. The molecule has 1 heterocycles. The molecule has 4 heteroatoms. The Morgan fingerprint density at radius 1 is 1.09 bits per heavy atom. The van der Waals surface area contributed by atoms with E-state index in [1.54, 1.807) is 36.5 Å². The number of carbonyl (C=O) groups excluding carboxylic acids is 2. The van der Waals surface area contributed by atoms with Crippen LogP contribution in [0.5, 0.6) is 0 Å². The first-order valence-corrected chi connectivity index (χ1v) is 7.94. The van der Waals surface area contributed by atoms with Crippen molar-refractivity contribution < 1.29 is 9.59 Å². The Morgan fingerprint density at radius 2 is 1.83 bits per heavy atom. The second-order valence-electron chi connectivity index (χ2n) is 5.24. The van der Waals surface area contributed by atoms with Crippen LogP contribution in [0.4, 0.5) is 0 Å². The van der Waals surface area contributed by atoms with Crippen molar-refractivity contribution in [2.75, 3.05) is 0 Å². The van der Waals surface area contributed by atoms with Gasteiger partial charge in [0.2, 0.25) is 0 Å². The van der Waals surface area contributed by atoms with Crippen LogP contribution in [0, 0.1) is 0 Å². The number of aromatic nitrogens is 1. The zero-order chi connectivity index (χ0) is 16.4. The Labute approximate surface area is 142 Å². The zero-order valence-corrected chi connectivity index (χ0v) is 14.1. The van der Waals surface area contributed by atoms with Gasteiger partial charge in [0, 0.05) is 32.7 Å². The Morgan fingerprint density at radius 3 is 2.52 bits per heavy atom. The fourth-order valence-corrected chi connectivity index (χ4v) is 2.82. The van der Waals surface area contributed by atoms with Crippen LogP contribution in [0.3, 0.4) is 0 Å². The molecule has 0 bridgehead atoms. The van der Waals surface area contributed by atoms with Crippen LogP contribution in [-0.2, 0) is 4.79 Å². The van der Waals surface area contributed by atoms with E-state index in [0.29, 0.717) is 5.56 Å². The van der Waals surface area contributed by atoms with Gasteiger partial charge in [0.05, 0.1) is 5.57 Å². The number of hydrogen-bond acceptors (Lipinski definition) is 2. The summed E-state index contributed by atoms with van der Waals surface area (Å²) >= 11 is 3.44. The van der Waals surface area contributed by atoms with Gasteiger partial charge in [-0.3, -0.25) is 9.59 Å². The quantitative estimate of drug-likeness (QED) is 0.312. The third-order valence-electron chi connectivity index (χ3n) is 3.64. The molecular formula is C19H14BrNO2. The number of halogens is 1. The first kappa shape index (κ1) is 15.4. The molecule has 3 aromatic rings. The van der Waals surface area contributed by atoms with Crippen molar-refractivity contribution >= 4 is 44.5 Å². The summed E-state index contributed by atoms with van der Waals surface area (Å²) in [5.74, 6) is -0.509. The number of ketones is 2. The van der Waals surface area contributed by atoms with Crippen molar-refractivity contribution in [2.45, 2.75) is 6.92 Å². The molecule has 0 aliphatic rings. The topological polar surface area (TPSA) is 49.9 Å². The Balaban J connectivity index is 2.10. The van der Waals surface area contributed by atoms with Crippen LogP contribution in [-0.4, -0.2) is 16.6 Å². The standard InChI is InChI=1S/C19H14BrNO2/c1-12(22)16(19(23)13-5-3-2-4-6-13)9-14-11-21-18-8-7-15(20)10-17(14)18/h2-11,21H,1H3/b16-9+. The maximum Gasteiger partial charge on any atom is 0.196 e. The van der Waals surface area contributed by atoms with Gasteiger partial charge in [0.1, 0.15) is 0 Å². The summed E-state index contributed by atoms with van der Waals surface area (Å²) in [7, 11) is 0. The lowest BCUT2D eigenvalue weighted by Gasteiger charge is -2.03. The zero-order valence-electron chi connectivity index (χ0n) is 12.5. The number of rotatable bonds is 4. The lowest BCUT2D eigenvalue weighted by Crippen LogP contribution is -2.10. The van der Waals surface area contributed by atoms with E-state index in [9.17, 15) is 9.59 Å². The van der Waals surface area contributed by atoms with Crippen LogP contribution >= 0.6 is 15.9 Å². The maximum absolute atomic E-state index is 12.6. The molecule has 1 N–H and O–H groups in total. The normalized spacial score (nSPS) is 11.7. The van der Waals surface area contributed by atoms with Crippen LogP contribution in [0.15, 0.2) is 64.8 Å². The highest BCUT2D eigenvalue weighted by Gasteiger charge is 2.17. The van der Waals surface area contributed by atoms with Gasteiger partial charge in [0.25, 0.3) is 0 Å². The van der Waals surface area contributed by atoms with E-state index in [-0.39, 0.29) is 17.1 Å². The van der Waals surface area contributed by atoms with Crippen molar-refractivity contribution in [2.24, 2.45) is 0 Å². The molecule has 3 nitrogen and oxygen atoms in total. The third kappa shape index (κ3) is 3.17. The molecule has 0 amide bonds. The molecule has 2 aromatic carbocycles. The minimum atomic E-state index is -0.262. The summed E-state index contributed by atoms with van der Waals surface area (Å²) in [4.78, 5) is 27.7. The van der Waals surface area contributed by atoms with Crippen LogP contribution in [0.1, 0.15) is 22.8 Å². The second-order valence-corrected chi connectivity index (χ2v) is 6.16.